The molecule has 3 aromatic carbocycles. The number of ether oxygens (including phenoxy) is 8. The average Bonchev–Trinajstić information content (AvgIpc) is 1.64. The van der Waals surface area contributed by atoms with Crippen molar-refractivity contribution in [2.75, 3.05) is 90.7 Å². The molecular weight excluding hydrogens is 1970 g/mol. The topological polar surface area (TPSA) is 535 Å². The Hall–Kier alpha value is -9.20. The fourth-order valence-electron chi connectivity index (χ4n) is 11.7. The highest BCUT2D eigenvalue weighted by molar-refractivity contribution is 7.53. The summed E-state index contributed by atoms with van der Waals surface area (Å²) >= 11 is 37.3. The molecule has 6 heterocycles. The molecule has 136 heavy (non-hydrogen) atoms. The first-order valence-corrected chi connectivity index (χ1v) is 49.4. The van der Waals surface area contributed by atoms with Crippen LogP contribution in [0.1, 0.15) is 217 Å². The average molecular weight is 2090 g/mol. The number of esters is 4. The number of hydrogen-bond acceptors (Lipinski definition) is 35. The summed E-state index contributed by atoms with van der Waals surface area (Å²) in [5.41, 5.74) is -4.61. The van der Waals surface area contributed by atoms with Crippen molar-refractivity contribution in [2.24, 2.45) is 21.7 Å². The number of nitrogens with zero attached hydrogens (tertiary/aromatic N) is 6. The van der Waals surface area contributed by atoms with E-state index in [4.69, 9.17) is 135 Å². The molecule has 3 aromatic heterocycles. The zero-order chi connectivity index (χ0) is 101. The predicted molar refractivity (Wildman–Crippen MR) is 497 cm³/mol. The van der Waals surface area contributed by atoms with Gasteiger partial charge < -0.3 is 80.4 Å². The fraction of sp³-hybridized carbons (Fsp3) is 0.536. The van der Waals surface area contributed by atoms with Crippen molar-refractivity contribution in [3.63, 3.8) is 0 Å². The molecule has 6 aromatic rings. The Balaban J connectivity index is 0.000000278. The quantitative estimate of drug-likeness (QED) is 0.00590. The van der Waals surface area contributed by atoms with Crippen LogP contribution >= 0.6 is 92.7 Å². The van der Waals surface area contributed by atoms with Gasteiger partial charge in [0.05, 0.1) is 104 Å². The van der Waals surface area contributed by atoms with Gasteiger partial charge in [-0.05, 0) is 225 Å². The number of carbonyl (C=O) groups is 12. The number of anilines is 2. The van der Waals surface area contributed by atoms with Crippen molar-refractivity contribution in [1.82, 2.24) is 60.8 Å². The predicted octanol–water partition coefficient (Wildman–Crippen LogP) is 15.3. The highest BCUT2D eigenvalue weighted by Crippen LogP contribution is 2.53. The largest absolute Gasteiger partial charge is 0.510 e. The van der Waals surface area contributed by atoms with Gasteiger partial charge >= 0.3 is 59.3 Å². The lowest BCUT2D eigenvalue weighted by atomic mass is 9.98. The molecule has 3 saturated heterocycles. The Morgan fingerprint density at radius 3 is 0.963 bits per heavy atom. The maximum atomic E-state index is 14.1. The smallest absolute Gasteiger partial charge is 0.438 e. The van der Waals surface area contributed by atoms with Gasteiger partial charge in [0, 0.05) is 36.3 Å². The molecule has 8 N–H and O–H groups in total. The van der Waals surface area contributed by atoms with E-state index >= 15 is 0 Å². The molecule has 3 aliphatic rings. The minimum Gasteiger partial charge on any atom is -0.438 e. The number of ketones is 1. The number of hydrogen-bond donors (Lipinski definition) is 8. The van der Waals surface area contributed by atoms with Crippen molar-refractivity contribution in [2.45, 2.75) is 192 Å². The fourth-order valence-corrected chi connectivity index (χ4v) is 16.8. The van der Waals surface area contributed by atoms with Crippen LogP contribution in [-0.2, 0) is 111 Å². The van der Waals surface area contributed by atoms with Gasteiger partial charge in [0.1, 0.15) is 6.29 Å². The monoisotopic (exact) mass is 2080 g/mol. The Kier molecular flexibility index (Phi) is 43.2. The van der Waals surface area contributed by atoms with E-state index in [-0.39, 0.29) is 105 Å². The number of rotatable bonds is 37. The first-order valence-electron chi connectivity index (χ1n) is 42.4. The summed E-state index contributed by atoms with van der Waals surface area (Å²) in [4.78, 5) is 153. The van der Waals surface area contributed by atoms with Crippen LogP contribution in [-0.4, -0.2) is 211 Å². The maximum Gasteiger partial charge on any atom is 0.510 e. The van der Waals surface area contributed by atoms with Crippen LogP contribution in [0.2, 0.25) is 30.1 Å². The lowest BCUT2D eigenvalue weighted by Gasteiger charge is -2.23. The number of Topliss-reactive ketones (excluding diaryl/α,β-unsaturated/α-hetero) is 1. The van der Waals surface area contributed by atoms with Gasteiger partial charge in [-0.25, -0.2) is 18.7 Å². The van der Waals surface area contributed by atoms with Crippen molar-refractivity contribution in [3.05, 3.63) is 143 Å². The molecule has 0 atom stereocenters. The zero-order valence-corrected chi connectivity index (χ0v) is 84.8. The van der Waals surface area contributed by atoms with Gasteiger partial charge in [0.2, 0.25) is 40.8 Å². The van der Waals surface area contributed by atoms with Crippen molar-refractivity contribution < 1.29 is 136 Å². The molecule has 5 amide bonds. The molecule has 750 valence electrons. The standard InChI is InChI=1S/C30H41Cl2N4O9P.C28H38Cl2N5O9P.C26H34Cl2N5O11P/c1-29(2,3)27(39)42-17-44-46(41,45-18-43-28(40)30(4,5)6)16-36-15-19(14-23(37)24-21(31)8-7-9-22(24)32)25(35-36)26(38)34-20-10-12-33-13-11-20;1-27(2,3)25(38)41-15-43-45(40,44-16-42-26(39)28(4,5)6)35-14-20(33-23(36)21-18(29)8-7-9-19(21)30)22(34-35)24(37)32-17-10-12-31-13-11-17;1-15(2)43-25(36)39-13-41-45(38,42-14-40-26(37)44-16(3)4)33-12-20(31-23(34)21-18(27)6-5-7-19(21)28)22(32-33)24(35)30-17-8-10-29-11-9-17/h7-9,15,20,33H,10-14,16-18H2,1-6H3,(H,34,38);7-9,14,17,31H,10-13,15-16H2,1-6H3,(H,32,37)(H,33,36);5-7,12,15-17,29H,8-11,13-14H2,1-4H3,(H,30,35)(H,31,34). The van der Waals surface area contributed by atoms with E-state index in [0.717, 1.165) is 30.2 Å². The molecule has 0 unspecified atom stereocenters. The van der Waals surface area contributed by atoms with Crippen LogP contribution < -0.4 is 42.5 Å². The Labute approximate surface area is 815 Å². The summed E-state index contributed by atoms with van der Waals surface area (Å²) in [5.74, 6) is -6.57. The molecule has 3 fully saturated rings. The summed E-state index contributed by atoms with van der Waals surface area (Å²) in [6, 6.07) is 13.0. The number of halogens is 6. The summed E-state index contributed by atoms with van der Waals surface area (Å²) < 4.78 is 116. The molecule has 3 aliphatic heterocycles. The normalized spacial score (nSPS) is 14.3. The van der Waals surface area contributed by atoms with Crippen LogP contribution in [0.4, 0.5) is 21.0 Å². The molecule has 0 saturated carbocycles. The summed E-state index contributed by atoms with van der Waals surface area (Å²) in [6.07, 6.45) is 3.12. The second-order valence-electron chi connectivity index (χ2n) is 35.0. The molecule has 0 spiro atoms. The highest BCUT2D eigenvalue weighted by Gasteiger charge is 2.40. The van der Waals surface area contributed by atoms with Crippen molar-refractivity contribution in [3.8, 4) is 0 Å². The molecule has 0 radical (unpaired) electrons. The molecule has 43 nitrogen and oxygen atoms in total. The van der Waals surface area contributed by atoms with Crippen LogP contribution in [0.15, 0.2) is 73.2 Å². The third-order valence-electron chi connectivity index (χ3n) is 18.8. The van der Waals surface area contributed by atoms with E-state index in [0.29, 0.717) is 73.6 Å². The minimum absolute atomic E-state index is 0.0290. The van der Waals surface area contributed by atoms with Gasteiger partial charge in [-0.15, -0.1) is 0 Å². The van der Waals surface area contributed by atoms with Crippen LogP contribution in [0.3, 0.4) is 0 Å². The van der Waals surface area contributed by atoms with E-state index in [1.807, 2.05) is 0 Å². The number of aromatic nitrogens is 6. The van der Waals surface area contributed by atoms with Gasteiger partial charge in [0.15, 0.2) is 22.9 Å². The number of benzene rings is 3. The van der Waals surface area contributed by atoms with E-state index in [1.165, 1.54) is 42.6 Å². The number of carbonyl (C=O) groups excluding carboxylic acids is 12. The molecular formula is C84H113Cl6N14O29P3. The SMILES string of the molecule is CC(C)(C)C(=O)OCOP(=O)(Cn1cc(CC(=O)c2c(Cl)cccc2Cl)c(C(=O)NC2CCNCC2)n1)OCOC(=O)C(C)(C)C.CC(C)(C)C(=O)OCOP(=O)(OCOC(=O)C(C)(C)C)n1cc(NC(=O)c2c(Cl)cccc2Cl)c(C(=O)NC2CCNCC2)n1.CC(C)OC(=O)OCOP(=O)(OCOC(=O)OC(C)C)n1cc(NC(=O)c2c(Cl)cccc2Cl)c(C(=O)NC2CCNCC2)n1. The molecule has 0 aliphatic carbocycles. The van der Waals surface area contributed by atoms with Gasteiger partial charge in [-0.2, -0.15) is 24.2 Å². The number of nitrogens with one attached hydrogen (secondary N) is 8. The van der Waals surface area contributed by atoms with Crippen LogP contribution in [0, 0.1) is 21.7 Å². The zero-order valence-electron chi connectivity index (χ0n) is 77.6. The Morgan fingerprint density at radius 1 is 0.390 bits per heavy atom. The lowest BCUT2D eigenvalue weighted by molar-refractivity contribution is -0.164. The van der Waals surface area contributed by atoms with Crippen LogP contribution in [0.25, 0.3) is 0 Å². The summed E-state index contributed by atoms with van der Waals surface area (Å²) in [6.45, 7) is 24.9. The van der Waals surface area contributed by atoms with Gasteiger partial charge in [-0.1, -0.05) is 87.8 Å². The first-order chi connectivity index (χ1) is 63.6. The molecule has 52 heteroatoms. The van der Waals surface area contributed by atoms with E-state index in [9.17, 15) is 71.2 Å². The molecule has 9 rings (SSSR count). The van der Waals surface area contributed by atoms with Crippen molar-refractivity contribution in [1.29, 1.82) is 0 Å². The first kappa shape index (κ1) is 114. The Morgan fingerprint density at radius 2 is 0.669 bits per heavy atom. The summed E-state index contributed by atoms with van der Waals surface area (Å²) in [7, 11) is -13.6. The third kappa shape index (κ3) is 35.6. The second kappa shape index (κ2) is 51.6. The van der Waals surface area contributed by atoms with Crippen LogP contribution in [0.5, 0.6) is 0 Å². The van der Waals surface area contributed by atoms with Gasteiger partial charge in [0.25, 0.3) is 29.5 Å². The maximum absolute atomic E-state index is 14.1. The highest BCUT2D eigenvalue weighted by atomic mass is 35.5. The Bertz CT molecular complexity index is 5220. The van der Waals surface area contributed by atoms with Gasteiger partial charge in [-0.3, -0.25) is 84.3 Å². The third-order valence-corrected chi connectivity index (χ3v) is 25.5. The number of amides is 5. The van der Waals surface area contributed by atoms with Crippen molar-refractivity contribution >= 4 is 176 Å². The summed E-state index contributed by atoms with van der Waals surface area (Å²) in [5, 5.41) is 36.3. The number of piperidine rings is 3. The van der Waals surface area contributed by atoms with E-state index in [1.54, 1.807) is 129 Å². The lowest BCUT2D eigenvalue weighted by Crippen LogP contribution is -2.43. The molecule has 0 bridgehead atoms. The van der Waals surface area contributed by atoms with E-state index in [2.05, 4.69) is 57.8 Å². The second-order valence-corrected chi connectivity index (χ2v) is 43.2. The van der Waals surface area contributed by atoms with E-state index < -0.39 is 176 Å². The minimum atomic E-state index is -4.73.